The number of nitrogens with zero attached hydrogens (tertiary/aromatic N) is 3. The third-order valence-electron chi connectivity index (χ3n) is 9.85. The van der Waals surface area contributed by atoms with Crippen molar-refractivity contribution < 1.29 is 5.11 Å². The third-order valence-corrected chi connectivity index (χ3v) is 11.1. The SMILES string of the molecule is Cc1cc(C)c(-c2cc(-c3ccccc3O)nc(-c3cc(N(c4ccccn4)c4cccc5ccccc45)cc4c3sc3ccccc34)c2)c(C)c1. The fourth-order valence-electron chi connectivity index (χ4n) is 7.69. The minimum atomic E-state index is 0.202. The summed E-state index contributed by atoms with van der Waals surface area (Å²) < 4.78 is 2.38. The number of hydrogen-bond donors (Lipinski definition) is 1. The molecule has 0 spiro atoms. The van der Waals surface area contributed by atoms with E-state index in [0.29, 0.717) is 5.56 Å². The van der Waals surface area contributed by atoms with Crippen molar-refractivity contribution in [3.8, 4) is 39.4 Å². The second-order valence-corrected chi connectivity index (χ2v) is 14.5. The van der Waals surface area contributed by atoms with Crippen LogP contribution >= 0.6 is 11.3 Å². The Morgan fingerprint density at radius 3 is 2.08 bits per heavy atom. The molecular formula is C47H35N3OS. The first-order valence-electron chi connectivity index (χ1n) is 17.5. The number of fused-ring (bicyclic) bond motifs is 4. The summed E-state index contributed by atoms with van der Waals surface area (Å²) in [5.74, 6) is 1.03. The van der Waals surface area contributed by atoms with Crippen LogP contribution in [0.2, 0.25) is 0 Å². The Balaban J connectivity index is 1.38. The fraction of sp³-hybridized carbons (Fsp3) is 0.0638. The quantitative estimate of drug-likeness (QED) is 0.189. The highest BCUT2D eigenvalue weighted by atomic mass is 32.1. The molecule has 0 unspecified atom stereocenters. The maximum Gasteiger partial charge on any atom is 0.137 e. The van der Waals surface area contributed by atoms with Gasteiger partial charge in [-0.1, -0.05) is 90.5 Å². The number of phenolic OH excluding ortho intramolecular Hbond substituents is 1. The van der Waals surface area contributed by atoms with Gasteiger partial charge in [-0.15, -0.1) is 11.3 Å². The Bertz CT molecular complexity index is 2780. The molecule has 3 heterocycles. The van der Waals surface area contributed by atoms with Gasteiger partial charge in [-0.2, -0.15) is 0 Å². The van der Waals surface area contributed by atoms with E-state index in [2.05, 4.69) is 135 Å². The van der Waals surface area contributed by atoms with Crippen molar-refractivity contribution in [3.63, 3.8) is 0 Å². The molecule has 1 N–H and O–H groups in total. The van der Waals surface area contributed by atoms with Gasteiger partial charge in [0.25, 0.3) is 0 Å². The number of aromatic hydroxyl groups is 1. The Morgan fingerprint density at radius 2 is 1.29 bits per heavy atom. The number of para-hydroxylation sites is 1. The molecule has 0 saturated carbocycles. The number of aromatic nitrogens is 2. The van der Waals surface area contributed by atoms with E-state index in [4.69, 9.17) is 9.97 Å². The monoisotopic (exact) mass is 689 g/mol. The summed E-state index contributed by atoms with van der Waals surface area (Å²) in [6.45, 7) is 6.49. The number of hydrogen-bond acceptors (Lipinski definition) is 5. The second-order valence-electron chi connectivity index (χ2n) is 13.4. The zero-order valence-corrected chi connectivity index (χ0v) is 29.9. The maximum absolute atomic E-state index is 11.1. The molecule has 3 aromatic heterocycles. The molecule has 5 heteroatoms. The molecular weight excluding hydrogens is 655 g/mol. The number of rotatable bonds is 6. The predicted molar refractivity (Wildman–Crippen MR) is 219 cm³/mol. The van der Waals surface area contributed by atoms with E-state index in [-0.39, 0.29) is 5.75 Å². The highest BCUT2D eigenvalue weighted by molar-refractivity contribution is 7.26. The van der Waals surface area contributed by atoms with Gasteiger partial charge < -0.3 is 5.11 Å². The lowest BCUT2D eigenvalue weighted by atomic mass is 9.92. The van der Waals surface area contributed by atoms with Crippen molar-refractivity contribution in [2.45, 2.75) is 20.8 Å². The summed E-state index contributed by atoms with van der Waals surface area (Å²) in [6, 6.07) is 50.5. The molecule has 0 fully saturated rings. The van der Waals surface area contributed by atoms with Crippen LogP contribution in [0.5, 0.6) is 5.75 Å². The molecule has 0 atom stereocenters. The van der Waals surface area contributed by atoms with E-state index < -0.39 is 0 Å². The van der Waals surface area contributed by atoms with Gasteiger partial charge in [-0.3, -0.25) is 4.90 Å². The topological polar surface area (TPSA) is 49.3 Å². The Hall–Kier alpha value is -6.30. The highest BCUT2D eigenvalue weighted by Gasteiger charge is 2.22. The highest BCUT2D eigenvalue weighted by Crippen LogP contribution is 2.47. The van der Waals surface area contributed by atoms with E-state index >= 15 is 0 Å². The largest absolute Gasteiger partial charge is 0.507 e. The van der Waals surface area contributed by atoms with Gasteiger partial charge in [-0.25, -0.2) is 9.97 Å². The number of aryl methyl sites for hydroxylation is 3. The van der Waals surface area contributed by atoms with E-state index in [9.17, 15) is 5.11 Å². The van der Waals surface area contributed by atoms with E-state index in [0.717, 1.165) is 60.6 Å². The zero-order chi connectivity index (χ0) is 35.3. The molecule has 0 aliphatic carbocycles. The molecule has 0 bridgehead atoms. The van der Waals surface area contributed by atoms with Crippen molar-refractivity contribution in [3.05, 3.63) is 168 Å². The number of thiophene rings is 1. The summed E-state index contributed by atoms with van der Waals surface area (Å²) in [5, 5.41) is 15.8. The van der Waals surface area contributed by atoms with Crippen LogP contribution in [-0.2, 0) is 0 Å². The lowest BCUT2D eigenvalue weighted by Gasteiger charge is -2.26. The minimum absolute atomic E-state index is 0.202. The number of benzene rings is 6. The number of pyridine rings is 2. The first-order chi connectivity index (χ1) is 25.4. The molecule has 0 saturated heterocycles. The van der Waals surface area contributed by atoms with Crippen molar-refractivity contribution >= 4 is 59.5 Å². The molecule has 0 radical (unpaired) electrons. The first kappa shape index (κ1) is 31.7. The van der Waals surface area contributed by atoms with E-state index in [1.807, 2.05) is 36.5 Å². The van der Waals surface area contributed by atoms with Crippen LogP contribution in [0.25, 0.3) is 64.6 Å². The fourth-order valence-corrected chi connectivity index (χ4v) is 8.90. The smallest absolute Gasteiger partial charge is 0.137 e. The zero-order valence-electron chi connectivity index (χ0n) is 29.1. The van der Waals surface area contributed by atoms with Gasteiger partial charge in [-0.05, 0) is 109 Å². The van der Waals surface area contributed by atoms with Gasteiger partial charge in [0.2, 0.25) is 0 Å². The van der Waals surface area contributed by atoms with Crippen molar-refractivity contribution in [2.24, 2.45) is 0 Å². The van der Waals surface area contributed by atoms with Crippen LogP contribution in [0, 0.1) is 20.8 Å². The number of anilines is 3. The normalized spacial score (nSPS) is 11.4. The molecule has 0 aliphatic rings. The third kappa shape index (κ3) is 5.47. The van der Waals surface area contributed by atoms with E-state index in [1.54, 1.807) is 17.4 Å². The van der Waals surface area contributed by atoms with Crippen LogP contribution in [0.3, 0.4) is 0 Å². The van der Waals surface area contributed by atoms with Crippen LogP contribution in [-0.4, -0.2) is 15.1 Å². The Morgan fingerprint density at radius 1 is 0.596 bits per heavy atom. The average molecular weight is 690 g/mol. The van der Waals surface area contributed by atoms with Gasteiger partial charge in [0.05, 0.1) is 17.1 Å². The lowest BCUT2D eigenvalue weighted by molar-refractivity contribution is 0.477. The van der Waals surface area contributed by atoms with Gasteiger partial charge in [0, 0.05) is 48.6 Å². The van der Waals surface area contributed by atoms with Crippen LogP contribution in [0.15, 0.2) is 152 Å². The Labute approximate surface area is 306 Å². The van der Waals surface area contributed by atoms with Crippen molar-refractivity contribution in [2.75, 3.05) is 4.90 Å². The summed E-state index contributed by atoms with van der Waals surface area (Å²) in [4.78, 5) is 12.5. The molecule has 9 rings (SSSR count). The van der Waals surface area contributed by atoms with E-state index in [1.165, 1.54) is 32.3 Å². The average Bonchev–Trinajstić information content (AvgIpc) is 3.54. The molecule has 9 aromatic rings. The first-order valence-corrected chi connectivity index (χ1v) is 18.3. The van der Waals surface area contributed by atoms with Gasteiger partial charge in [0.15, 0.2) is 0 Å². The van der Waals surface area contributed by atoms with Crippen LogP contribution in [0.1, 0.15) is 16.7 Å². The molecule has 52 heavy (non-hydrogen) atoms. The second kappa shape index (κ2) is 12.8. The molecule has 6 aromatic carbocycles. The summed E-state index contributed by atoms with van der Waals surface area (Å²) >= 11 is 1.79. The van der Waals surface area contributed by atoms with Crippen LogP contribution in [0.4, 0.5) is 17.2 Å². The lowest BCUT2D eigenvalue weighted by Crippen LogP contribution is -2.12. The summed E-state index contributed by atoms with van der Waals surface area (Å²) in [5.41, 5.74) is 11.2. The molecule has 0 amide bonds. The van der Waals surface area contributed by atoms with Crippen molar-refractivity contribution in [1.82, 2.24) is 9.97 Å². The van der Waals surface area contributed by atoms with Crippen molar-refractivity contribution in [1.29, 1.82) is 0 Å². The van der Waals surface area contributed by atoms with Crippen LogP contribution < -0.4 is 4.90 Å². The maximum atomic E-state index is 11.1. The summed E-state index contributed by atoms with van der Waals surface area (Å²) in [6.07, 6.45) is 1.85. The summed E-state index contributed by atoms with van der Waals surface area (Å²) in [7, 11) is 0. The van der Waals surface area contributed by atoms with Gasteiger partial charge >= 0.3 is 0 Å². The van der Waals surface area contributed by atoms with Gasteiger partial charge in [0.1, 0.15) is 11.6 Å². The molecule has 250 valence electrons. The predicted octanol–water partition coefficient (Wildman–Crippen LogP) is 13.1. The standard InChI is InChI=1S/C47H35N3OS/c1-29-23-30(2)46(31(3)24-29)33-25-40(37-17-6-8-19-43(37)51)49-41(26-33)39-28-34(27-38-36-16-7-9-20-44(36)52-47(38)39)50(45-21-10-11-22-48-45)42-18-12-14-32-13-4-5-15-35(32)42/h4-28,51H,1-3H3. The Kier molecular flexibility index (Phi) is 7.79. The number of phenols is 1. The minimum Gasteiger partial charge on any atom is -0.507 e. The molecule has 4 nitrogen and oxygen atoms in total. The molecule has 0 aliphatic heterocycles.